The largest absolute Gasteiger partial charge is 0.488 e. The molecule has 1 aliphatic rings. The third-order valence-electron chi connectivity index (χ3n) is 5.29. The minimum atomic E-state index is -4.44. The Bertz CT molecular complexity index is 1020. The first-order valence-corrected chi connectivity index (χ1v) is 9.67. The molecule has 0 aliphatic heterocycles. The second-order valence-electron chi connectivity index (χ2n) is 7.28. The van der Waals surface area contributed by atoms with Crippen LogP contribution in [0.15, 0.2) is 48.5 Å². The van der Waals surface area contributed by atoms with Gasteiger partial charge in [-0.1, -0.05) is 30.3 Å². The summed E-state index contributed by atoms with van der Waals surface area (Å²) in [6.45, 7) is 2.11. The maximum Gasteiger partial charge on any atom is 0.416 e. The van der Waals surface area contributed by atoms with E-state index in [2.05, 4.69) is 10.2 Å². The van der Waals surface area contributed by atoms with Crippen LogP contribution in [-0.2, 0) is 25.6 Å². The van der Waals surface area contributed by atoms with Crippen molar-refractivity contribution in [2.75, 3.05) is 0 Å². The Hall–Kier alpha value is -2.89. The first kappa shape index (κ1) is 19.4. The second-order valence-corrected chi connectivity index (χ2v) is 7.28. The molecule has 2 aromatic carbocycles. The highest BCUT2D eigenvalue weighted by molar-refractivity contribution is 5.72. The van der Waals surface area contributed by atoms with Gasteiger partial charge in [0.25, 0.3) is 0 Å². The van der Waals surface area contributed by atoms with E-state index < -0.39 is 11.7 Å². The smallest absolute Gasteiger partial charge is 0.416 e. The summed E-state index contributed by atoms with van der Waals surface area (Å²) in [4.78, 5) is 0. The maximum atomic E-state index is 13.3. The topological polar surface area (TPSA) is 35.0 Å². The summed E-state index contributed by atoms with van der Waals surface area (Å²) in [5.41, 5.74) is 4.46. The molecule has 0 fully saturated rings. The van der Waals surface area contributed by atoms with Gasteiger partial charge < -0.3 is 4.74 Å². The highest BCUT2D eigenvalue weighted by Gasteiger charge is 2.32. The van der Waals surface area contributed by atoms with Crippen LogP contribution in [-0.4, -0.2) is 10.2 Å². The zero-order chi connectivity index (χ0) is 20.4. The molecule has 4 rings (SSSR count). The lowest BCUT2D eigenvalue weighted by Gasteiger charge is -2.21. The predicted molar refractivity (Wildman–Crippen MR) is 105 cm³/mol. The third kappa shape index (κ3) is 4.11. The number of alkyl halides is 3. The molecule has 0 atom stereocenters. The van der Waals surface area contributed by atoms with Crippen molar-refractivity contribution >= 4 is 0 Å². The van der Waals surface area contributed by atoms with Crippen LogP contribution in [0.25, 0.3) is 11.3 Å². The normalized spacial score (nSPS) is 13.8. The van der Waals surface area contributed by atoms with Gasteiger partial charge in [0.2, 0.25) is 0 Å². The van der Waals surface area contributed by atoms with Crippen LogP contribution in [0.1, 0.15) is 40.8 Å². The number of hydrogen-bond acceptors (Lipinski definition) is 3. The zero-order valence-corrected chi connectivity index (χ0v) is 16.1. The zero-order valence-electron chi connectivity index (χ0n) is 16.1. The van der Waals surface area contributed by atoms with Crippen LogP contribution < -0.4 is 4.74 Å². The second kappa shape index (κ2) is 7.85. The van der Waals surface area contributed by atoms with Crippen LogP contribution in [0.5, 0.6) is 5.75 Å². The van der Waals surface area contributed by atoms with E-state index in [1.807, 2.05) is 37.3 Å². The standard InChI is InChI=1S/C23H21F3N2O/c1-15-18-9-5-6-10-19(18)22(28-27-15)20-12-11-17(23(24,25)26)13-21(20)29-14-16-7-3-2-4-8-16/h2-4,7-8,11-13H,5-6,9-10,14H2,1H3. The van der Waals surface area contributed by atoms with Crippen molar-refractivity contribution in [3.63, 3.8) is 0 Å². The predicted octanol–water partition coefficient (Wildman–Crippen LogP) is 5.93. The van der Waals surface area contributed by atoms with Gasteiger partial charge in [0.05, 0.1) is 11.3 Å². The Morgan fingerprint density at radius 2 is 1.66 bits per heavy atom. The lowest BCUT2D eigenvalue weighted by Crippen LogP contribution is -2.12. The van der Waals surface area contributed by atoms with Crippen LogP contribution >= 0.6 is 0 Å². The van der Waals surface area contributed by atoms with E-state index >= 15 is 0 Å². The van der Waals surface area contributed by atoms with Crippen LogP contribution in [0.4, 0.5) is 13.2 Å². The van der Waals surface area contributed by atoms with Crippen molar-refractivity contribution < 1.29 is 17.9 Å². The number of aromatic nitrogens is 2. The van der Waals surface area contributed by atoms with Crippen LogP contribution in [0.3, 0.4) is 0 Å². The van der Waals surface area contributed by atoms with Crippen molar-refractivity contribution in [3.8, 4) is 17.0 Å². The van der Waals surface area contributed by atoms with Gasteiger partial charge >= 0.3 is 6.18 Å². The van der Waals surface area contributed by atoms with Crippen LogP contribution in [0.2, 0.25) is 0 Å². The molecule has 0 unspecified atom stereocenters. The van der Waals surface area contributed by atoms with E-state index in [-0.39, 0.29) is 12.4 Å². The third-order valence-corrected chi connectivity index (χ3v) is 5.29. The monoisotopic (exact) mass is 398 g/mol. The van der Waals surface area contributed by atoms with Crippen molar-refractivity contribution in [1.29, 1.82) is 0 Å². The molecule has 6 heteroatoms. The van der Waals surface area contributed by atoms with E-state index in [4.69, 9.17) is 4.74 Å². The molecule has 29 heavy (non-hydrogen) atoms. The Balaban J connectivity index is 1.79. The summed E-state index contributed by atoms with van der Waals surface area (Å²) in [6, 6.07) is 13.0. The molecule has 150 valence electrons. The molecule has 0 saturated heterocycles. The molecule has 0 N–H and O–H groups in total. The number of hydrogen-bond donors (Lipinski definition) is 0. The average Bonchev–Trinajstić information content (AvgIpc) is 2.73. The van der Waals surface area contributed by atoms with Gasteiger partial charge in [-0.2, -0.15) is 18.3 Å². The quantitative estimate of drug-likeness (QED) is 0.546. The summed E-state index contributed by atoms with van der Waals surface area (Å²) in [5.74, 6) is 0.176. The van der Waals surface area contributed by atoms with E-state index in [1.165, 1.54) is 6.07 Å². The lowest BCUT2D eigenvalue weighted by molar-refractivity contribution is -0.137. The van der Waals surface area contributed by atoms with E-state index in [0.717, 1.165) is 60.2 Å². The molecule has 0 radical (unpaired) electrons. The molecule has 3 aromatic rings. The van der Waals surface area contributed by atoms with Gasteiger partial charge in [-0.3, -0.25) is 0 Å². The number of rotatable bonds is 4. The number of fused-ring (bicyclic) bond motifs is 1. The van der Waals surface area contributed by atoms with Crippen LogP contribution in [0, 0.1) is 6.92 Å². The summed E-state index contributed by atoms with van der Waals surface area (Å²) >= 11 is 0. The fourth-order valence-electron chi connectivity index (χ4n) is 3.78. The Labute approximate surface area is 167 Å². The van der Waals surface area contributed by atoms with Crippen molar-refractivity contribution in [3.05, 3.63) is 76.5 Å². The van der Waals surface area contributed by atoms with Gasteiger partial charge in [-0.25, -0.2) is 0 Å². The molecular formula is C23H21F3N2O. The molecule has 0 amide bonds. The van der Waals surface area contributed by atoms with E-state index in [1.54, 1.807) is 0 Å². The van der Waals surface area contributed by atoms with Gasteiger partial charge in [0, 0.05) is 5.56 Å². The molecule has 1 aromatic heterocycles. The molecule has 0 saturated carbocycles. The van der Waals surface area contributed by atoms with Gasteiger partial charge in [-0.15, -0.1) is 5.10 Å². The molecule has 1 aliphatic carbocycles. The van der Waals surface area contributed by atoms with Crippen molar-refractivity contribution in [2.24, 2.45) is 0 Å². The van der Waals surface area contributed by atoms with Gasteiger partial charge in [0.15, 0.2) is 0 Å². The molecule has 0 bridgehead atoms. The Kier molecular flexibility index (Phi) is 5.26. The summed E-state index contributed by atoms with van der Waals surface area (Å²) in [7, 11) is 0. The maximum absolute atomic E-state index is 13.3. The Morgan fingerprint density at radius 3 is 2.38 bits per heavy atom. The first-order valence-electron chi connectivity index (χ1n) is 9.67. The molecule has 1 heterocycles. The first-order chi connectivity index (χ1) is 13.9. The molecule has 0 spiro atoms. The minimum absolute atomic E-state index is 0.176. The fourth-order valence-corrected chi connectivity index (χ4v) is 3.78. The molecule has 3 nitrogen and oxygen atoms in total. The SMILES string of the molecule is Cc1nnc(-c2ccc(C(F)(F)F)cc2OCc2ccccc2)c2c1CCCC2. The fraction of sp³-hybridized carbons (Fsp3) is 0.304. The number of aryl methyl sites for hydroxylation is 1. The lowest BCUT2D eigenvalue weighted by atomic mass is 9.88. The highest BCUT2D eigenvalue weighted by atomic mass is 19.4. The van der Waals surface area contributed by atoms with Crippen molar-refractivity contribution in [2.45, 2.75) is 45.4 Å². The number of ether oxygens (including phenoxy) is 1. The van der Waals surface area contributed by atoms with Gasteiger partial charge in [-0.05, 0) is 67.5 Å². The molecular weight excluding hydrogens is 377 g/mol. The van der Waals surface area contributed by atoms with E-state index in [0.29, 0.717) is 11.3 Å². The number of nitrogens with zero attached hydrogens (tertiary/aromatic N) is 2. The van der Waals surface area contributed by atoms with E-state index in [9.17, 15) is 13.2 Å². The van der Waals surface area contributed by atoms with Gasteiger partial charge in [0.1, 0.15) is 18.1 Å². The Morgan fingerprint density at radius 1 is 0.931 bits per heavy atom. The average molecular weight is 398 g/mol. The summed E-state index contributed by atoms with van der Waals surface area (Å²) < 4.78 is 45.8. The number of halogens is 3. The summed E-state index contributed by atoms with van der Waals surface area (Å²) in [6.07, 6.45) is -0.554. The minimum Gasteiger partial charge on any atom is -0.488 e. The summed E-state index contributed by atoms with van der Waals surface area (Å²) in [5, 5.41) is 8.63. The number of benzene rings is 2. The highest BCUT2D eigenvalue weighted by Crippen LogP contribution is 2.39. The van der Waals surface area contributed by atoms with Crippen molar-refractivity contribution in [1.82, 2.24) is 10.2 Å².